The van der Waals surface area contributed by atoms with Crippen molar-refractivity contribution in [2.24, 2.45) is 0 Å². The molecular weight excluding hydrogens is 310 g/mol. The van der Waals surface area contributed by atoms with Gasteiger partial charge in [0.05, 0.1) is 6.61 Å². The Morgan fingerprint density at radius 2 is 1.91 bits per heavy atom. The highest BCUT2D eigenvalue weighted by Gasteiger charge is 2.18. The molecular formula is C17H23N3O2S. The van der Waals surface area contributed by atoms with E-state index in [1.54, 1.807) is 6.92 Å². The Balaban J connectivity index is 1.86. The van der Waals surface area contributed by atoms with Crippen LogP contribution < -0.4 is 5.32 Å². The van der Waals surface area contributed by atoms with Gasteiger partial charge in [0.1, 0.15) is 11.1 Å². The van der Waals surface area contributed by atoms with Crippen molar-refractivity contribution in [2.75, 3.05) is 5.32 Å². The summed E-state index contributed by atoms with van der Waals surface area (Å²) in [7, 11) is 0. The number of aromatic nitrogens is 2. The maximum atomic E-state index is 12.2. The number of anilines is 1. The third-order valence-electron chi connectivity index (χ3n) is 3.72. The Labute approximate surface area is 141 Å². The highest BCUT2D eigenvalue weighted by Crippen LogP contribution is 2.28. The summed E-state index contributed by atoms with van der Waals surface area (Å²) in [6, 6.07) is 9.79. The van der Waals surface area contributed by atoms with Crippen LogP contribution in [0.2, 0.25) is 0 Å². The van der Waals surface area contributed by atoms with Gasteiger partial charge in [-0.05, 0) is 25.3 Å². The minimum absolute atomic E-state index is 0.201. The van der Waals surface area contributed by atoms with Gasteiger partial charge in [-0.1, -0.05) is 55.5 Å². The molecule has 6 heteroatoms. The summed E-state index contributed by atoms with van der Waals surface area (Å²) in [4.78, 5) is 12.2. The highest BCUT2D eigenvalue weighted by molar-refractivity contribution is 7.15. The third-order valence-corrected chi connectivity index (χ3v) is 4.72. The smallest absolute Gasteiger partial charge is 0.255 e. The van der Waals surface area contributed by atoms with E-state index in [0.717, 1.165) is 23.4 Å². The Bertz CT molecular complexity index is 611. The SMILES string of the molecule is CCC(CC)c1nnc(NC(=O)[C@@H](C)OCc2ccccc2)s1. The first kappa shape index (κ1) is 17.6. The lowest BCUT2D eigenvalue weighted by molar-refractivity contribution is -0.127. The molecule has 0 unspecified atom stereocenters. The highest BCUT2D eigenvalue weighted by atomic mass is 32.1. The molecule has 0 saturated heterocycles. The molecule has 23 heavy (non-hydrogen) atoms. The summed E-state index contributed by atoms with van der Waals surface area (Å²) >= 11 is 1.44. The number of hydrogen-bond acceptors (Lipinski definition) is 5. The van der Waals surface area contributed by atoms with Crippen molar-refractivity contribution in [2.45, 2.75) is 52.2 Å². The Hall–Kier alpha value is -1.79. The lowest BCUT2D eigenvalue weighted by atomic mass is 10.1. The van der Waals surface area contributed by atoms with Gasteiger partial charge in [-0.25, -0.2) is 0 Å². The lowest BCUT2D eigenvalue weighted by Gasteiger charge is -2.12. The van der Waals surface area contributed by atoms with Crippen molar-refractivity contribution < 1.29 is 9.53 Å². The van der Waals surface area contributed by atoms with E-state index < -0.39 is 6.10 Å². The normalized spacial score (nSPS) is 12.3. The summed E-state index contributed by atoms with van der Waals surface area (Å²) in [5.74, 6) is 0.207. The van der Waals surface area contributed by atoms with E-state index in [1.807, 2.05) is 30.3 Å². The molecule has 0 fully saturated rings. The van der Waals surface area contributed by atoms with Crippen molar-refractivity contribution in [3.63, 3.8) is 0 Å². The molecule has 0 aliphatic heterocycles. The average molecular weight is 333 g/mol. The molecule has 1 atom stereocenters. The molecule has 5 nitrogen and oxygen atoms in total. The molecule has 0 saturated carbocycles. The molecule has 2 aromatic rings. The summed E-state index contributed by atoms with van der Waals surface area (Å²) in [5.41, 5.74) is 1.04. The Morgan fingerprint density at radius 3 is 2.57 bits per heavy atom. The molecule has 1 aromatic carbocycles. The summed E-state index contributed by atoms with van der Waals surface area (Å²) in [6.07, 6.45) is 1.50. The van der Waals surface area contributed by atoms with Crippen LogP contribution in [0.25, 0.3) is 0 Å². The first-order valence-electron chi connectivity index (χ1n) is 7.93. The fourth-order valence-corrected chi connectivity index (χ4v) is 3.18. The second-order valence-electron chi connectivity index (χ2n) is 5.39. The minimum atomic E-state index is -0.546. The Morgan fingerprint density at radius 1 is 1.22 bits per heavy atom. The van der Waals surface area contributed by atoms with E-state index in [4.69, 9.17) is 4.74 Å². The van der Waals surface area contributed by atoms with Gasteiger partial charge in [0, 0.05) is 5.92 Å². The standard InChI is InChI=1S/C17H23N3O2S/c1-4-14(5-2)16-19-20-17(23-16)18-15(21)12(3)22-11-13-9-7-6-8-10-13/h6-10,12,14H,4-5,11H2,1-3H3,(H,18,20,21)/t12-/m1/s1. The average Bonchev–Trinajstić information content (AvgIpc) is 3.03. The van der Waals surface area contributed by atoms with Gasteiger partial charge in [-0.15, -0.1) is 10.2 Å². The largest absolute Gasteiger partial charge is 0.364 e. The van der Waals surface area contributed by atoms with E-state index in [9.17, 15) is 4.79 Å². The van der Waals surface area contributed by atoms with Crippen LogP contribution in [0.15, 0.2) is 30.3 Å². The number of nitrogens with one attached hydrogen (secondary N) is 1. The number of benzene rings is 1. The van der Waals surface area contributed by atoms with E-state index in [-0.39, 0.29) is 5.91 Å². The van der Waals surface area contributed by atoms with E-state index in [1.165, 1.54) is 11.3 Å². The first-order valence-corrected chi connectivity index (χ1v) is 8.75. The molecule has 0 aliphatic carbocycles. The van der Waals surface area contributed by atoms with Gasteiger partial charge in [0.2, 0.25) is 5.13 Å². The van der Waals surface area contributed by atoms with Crippen LogP contribution in [-0.4, -0.2) is 22.2 Å². The van der Waals surface area contributed by atoms with Crippen LogP contribution in [0.3, 0.4) is 0 Å². The topological polar surface area (TPSA) is 64.1 Å². The Kier molecular flexibility index (Phi) is 6.67. The molecule has 124 valence electrons. The zero-order valence-corrected chi connectivity index (χ0v) is 14.6. The molecule has 1 heterocycles. The molecule has 0 aliphatic rings. The lowest BCUT2D eigenvalue weighted by Crippen LogP contribution is -2.27. The van der Waals surface area contributed by atoms with Gasteiger partial charge in [0.25, 0.3) is 5.91 Å². The van der Waals surface area contributed by atoms with Gasteiger partial charge >= 0.3 is 0 Å². The molecule has 0 radical (unpaired) electrons. The molecule has 1 N–H and O–H groups in total. The van der Waals surface area contributed by atoms with Crippen LogP contribution in [0.5, 0.6) is 0 Å². The second kappa shape index (κ2) is 8.74. The van der Waals surface area contributed by atoms with Crippen LogP contribution in [-0.2, 0) is 16.1 Å². The van der Waals surface area contributed by atoms with Gasteiger partial charge in [0.15, 0.2) is 0 Å². The van der Waals surface area contributed by atoms with Gasteiger partial charge in [-0.3, -0.25) is 10.1 Å². The maximum Gasteiger partial charge on any atom is 0.255 e. The maximum absolute atomic E-state index is 12.2. The van der Waals surface area contributed by atoms with E-state index in [2.05, 4.69) is 29.4 Å². The summed E-state index contributed by atoms with van der Waals surface area (Å²) in [5, 5.41) is 12.5. The molecule has 2 rings (SSSR count). The van der Waals surface area contributed by atoms with Crippen LogP contribution >= 0.6 is 11.3 Å². The zero-order chi connectivity index (χ0) is 16.7. The summed E-state index contributed by atoms with van der Waals surface area (Å²) < 4.78 is 5.60. The van der Waals surface area contributed by atoms with E-state index in [0.29, 0.717) is 17.7 Å². The number of nitrogens with zero attached hydrogens (tertiary/aromatic N) is 2. The zero-order valence-electron chi connectivity index (χ0n) is 13.8. The number of amides is 1. The number of rotatable bonds is 8. The predicted octanol–water partition coefficient (Wildman–Crippen LogP) is 3.99. The molecule has 0 spiro atoms. The van der Waals surface area contributed by atoms with Crippen molar-refractivity contribution in [1.29, 1.82) is 0 Å². The number of ether oxygens (including phenoxy) is 1. The monoisotopic (exact) mass is 333 g/mol. The van der Waals surface area contributed by atoms with Crippen molar-refractivity contribution in [3.05, 3.63) is 40.9 Å². The third kappa shape index (κ3) is 5.11. The number of carbonyl (C=O) groups excluding carboxylic acids is 1. The first-order chi connectivity index (χ1) is 11.1. The predicted molar refractivity (Wildman–Crippen MR) is 92.6 cm³/mol. The number of hydrogen-bond donors (Lipinski definition) is 1. The van der Waals surface area contributed by atoms with Crippen LogP contribution in [0.1, 0.15) is 50.1 Å². The molecule has 0 bridgehead atoms. The van der Waals surface area contributed by atoms with E-state index >= 15 is 0 Å². The molecule has 1 aromatic heterocycles. The summed E-state index contributed by atoms with van der Waals surface area (Å²) in [6.45, 7) is 6.41. The van der Waals surface area contributed by atoms with Crippen molar-refractivity contribution in [3.8, 4) is 0 Å². The van der Waals surface area contributed by atoms with Gasteiger partial charge < -0.3 is 4.74 Å². The quantitative estimate of drug-likeness (QED) is 0.793. The number of carbonyl (C=O) groups is 1. The fraction of sp³-hybridized carbons (Fsp3) is 0.471. The van der Waals surface area contributed by atoms with Gasteiger partial charge in [-0.2, -0.15) is 0 Å². The van der Waals surface area contributed by atoms with Crippen molar-refractivity contribution in [1.82, 2.24) is 10.2 Å². The minimum Gasteiger partial charge on any atom is -0.364 e. The second-order valence-corrected chi connectivity index (χ2v) is 6.40. The van der Waals surface area contributed by atoms with Crippen LogP contribution in [0.4, 0.5) is 5.13 Å². The molecule has 1 amide bonds. The van der Waals surface area contributed by atoms with Crippen LogP contribution in [0, 0.1) is 0 Å². The fourth-order valence-electron chi connectivity index (χ4n) is 2.17. The van der Waals surface area contributed by atoms with Crippen molar-refractivity contribution >= 4 is 22.4 Å².